The van der Waals surface area contributed by atoms with Crippen LogP contribution in [0.1, 0.15) is 0 Å². The highest BCUT2D eigenvalue weighted by Gasteiger charge is 2.30. The molecule has 0 saturated carbocycles. The van der Waals surface area contributed by atoms with E-state index in [0.717, 1.165) is 12.1 Å². The summed E-state index contributed by atoms with van der Waals surface area (Å²) in [6.45, 7) is 0.876. The zero-order valence-electron chi connectivity index (χ0n) is 13.7. The van der Waals surface area contributed by atoms with Crippen LogP contribution in [0.3, 0.4) is 0 Å². The molecule has 2 aromatic carbocycles. The average Bonchev–Trinajstić information content (AvgIpc) is 2.64. The number of carbonyl (C=O) groups excluding carboxylic acids is 1. The number of nitrogens with zero attached hydrogens (tertiary/aromatic N) is 2. The summed E-state index contributed by atoms with van der Waals surface area (Å²) in [6, 6.07) is 11.1. The summed E-state index contributed by atoms with van der Waals surface area (Å²) in [5.74, 6) is -0.493. The Morgan fingerprint density at radius 3 is 2.12 bits per heavy atom. The van der Waals surface area contributed by atoms with Gasteiger partial charge < -0.3 is 10.2 Å². The number of benzene rings is 2. The first kappa shape index (κ1) is 18.6. The summed E-state index contributed by atoms with van der Waals surface area (Å²) < 4.78 is 39.4. The van der Waals surface area contributed by atoms with Gasteiger partial charge in [0.25, 0.3) is 0 Å². The third kappa shape index (κ3) is 4.14. The van der Waals surface area contributed by atoms with Gasteiger partial charge in [-0.1, -0.05) is 11.6 Å². The first-order valence-corrected chi connectivity index (χ1v) is 9.75. The number of anilines is 1. The molecule has 1 aliphatic heterocycles. The predicted octanol–water partition coefficient (Wildman–Crippen LogP) is 3.02. The third-order valence-electron chi connectivity index (χ3n) is 4.07. The molecular weight excluding hydrogens is 381 g/mol. The maximum Gasteiger partial charge on any atom is 0.321 e. The number of urea groups is 1. The van der Waals surface area contributed by atoms with E-state index in [2.05, 4.69) is 5.32 Å². The first-order chi connectivity index (χ1) is 12.4. The van der Waals surface area contributed by atoms with Gasteiger partial charge in [-0.2, -0.15) is 4.31 Å². The third-order valence-corrected chi connectivity index (χ3v) is 6.24. The molecule has 9 heteroatoms. The van der Waals surface area contributed by atoms with E-state index in [1.54, 1.807) is 29.2 Å². The highest BCUT2D eigenvalue weighted by atomic mass is 35.5. The van der Waals surface area contributed by atoms with E-state index < -0.39 is 15.8 Å². The Bertz CT molecular complexity index is 880. The lowest BCUT2D eigenvalue weighted by Crippen LogP contribution is -2.51. The van der Waals surface area contributed by atoms with Gasteiger partial charge in [0.1, 0.15) is 5.82 Å². The van der Waals surface area contributed by atoms with Crippen molar-refractivity contribution in [1.29, 1.82) is 0 Å². The Hall–Kier alpha value is -2.16. The van der Waals surface area contributed by atoms with E-state index in [4.69, 9.17) is 11.6 Å². The fourth-order valence-corrected chi connectivity index (χ4v) is 4.17. The molecule has 0 bridgehead atoms. The molecule has 138 valence electrons. The number of sulfonamides is 1. The minimum atomic E-state index is -3.70. The van der Waals surface area contributed by atoms with Crippen LogP contribution < -0.4 is 5.32 Å². The molecule has 1 heterocycles. The summed E-state index contributed by atoms with van der Waals surface area (Å²) in [5.41, 5.74) is 0.612. The van der Waals surface area contributed by atoms with E-state index in [9.17, 15) is 17.6 Å². The SMILES string of the molecule is O=C(Nc1ccc(Cl)cc1)N1CCN(S(=O)(=O)c2ccc(F)cc2)CC1. The molecule has 3 rings (SSSR count). The molecule has 0 radical (unpaired) electrons. The number of hydrogen-bond acceptors (Lipinski definition) is 3. The lowest BCUT2D eigenvalue weighted by Gasteiger charge is -2.34. The van der Waals surface area contributed by atoms with Crippen LogP contribution in [-0.4, -0.2) is 49.8 Å². The summed E-state index contributed by atoms with van der Waals surface area (Å²) in [5, 5.41) is 3.32. The van der Waals surface area contributed by atoms with Gasteiger partial charge in [-0.15, -0.1) is 0 Å². The fraction of sp³-hybridized carbons (Fsp3) is 0.235. The predicted molar refractivity (Wildman–Crippen MR) is 97.2 cm³/mol. The molecule has 26 heavy (non-hydrogen) atoms. The summed E-state index contributed by atoms with van der Waals surface area (Å²) >= 11 is 5.81. The number of carbonyl (C=O) groups is 1. The van der Waals surface area contributed by atoms with E-state index >= 15 is 0 Å². The van der Waals surface area contributed by atoms with Crippen molar-refractivity contribution >= 4 is 33.3 Å². The Balaban J connectivity index is 1.60. The van der Waals surface area contributed by atoms with Crippen molar-refractivity contribution in [2.24, 2.45) is 0 Å². The van der Waals surface area contributed by atoms with Crippen molar-refractivity contribution in [3.05, 3.63) is 59.4 Å². The average molecular weight is 398 g/mol. The Kier molecular flexibility index (Phi) is 5.45. The Morgan fingerprint density at radius 1 is 0.962 bits per heavy atom. The fourth-order valence-electron chi connectivity index (χ4n) is 2.62. The number of amides is 2. The van der Waals surface area contributed by atoms with Gasteiger partial charge >= 0.3 is 6.03 Å². The smallest absolute Gasteiger partial charge is 0.321 e. The molecule has 0 aliphatic carbocycles. The highest BCUT2D eigenvalue weighted by molar-refractivity contribution is 7.89. The van der Waals surface area contributed by atoms with Crippen molar-refractivity contribution in [3.63, 3.8) is 0 Å². The maximum absolute atomic E-state index is 13.0. The number of nitrogens with one attached hydrogen (secondary N) is 1. The van der Waals surface area contributed by atoms with Crippen LogP contribution in [0.15, 0.2) is 53.4 Å². The molecule has 1 fully saturated rings. The zero-order chi connectivity index (χ0) is 18.7. The van der Waals surface area contributed by atoms with Gasteiger partial charge in [-0.05, 0) is 48.5 Å². The Morgan fingerprint density at radius 2 is 1.54 bits per heavy atom. The monoisotopic (exact) mass is 397 g/mol. The van der Waals surface area contributed by atoms with Crippen LogP contribution in [0.5, 0.6) is 0 Å². The zero-order valence-corrected chi connectivity index (χ0v) is 15.3. The molecule has 1 N–H and O–H groups in total. The molecule has 1 saturated heterocycles. The quantitative estimate of drug-likeness (QED) is 0.865. The molecule has 6 nitrogen and oxygen atoms in total. The van der Waals surface area contributed by atoms with Crippen LogP contribution in [0.4, 0.5) is 14.9 Å². The molecule has 0 unspecified atom stereocenters. The highest BCUT2D eigenvalue weighted by Crippen LogP contribution is 2.19. The largest absolute Gasteiger partial charge is 0.322 e. The Labute approximate surface area is 156 Å². The number of rotatable bonds is 3. The van der Waals surface area contributed by atoms with Crippen molar-refractivity contribution < 1.29 is 17.6 Å². The molecule has 0 aromatic heterocycles. The van der Waals surface area contributed by atoms with Crippen LogP contribution in [0.25, 0.3) is 0 Å². The minimum Gasteiger partial charge on any atom is -0.322 e. The second kappa shape index (κ2) is 7.61. The maximum atomic E-state index is 13.0. The standard InChI is InChI=1S/C17H17ClFN3O3S/c18-13-1-5-15(6-2-13)20-17(23)21-9-11-22(12-10-21)26(24,25)16-7-3-14(19)4-8-16/h1-8H,9-12H2,(H,20,23). The minimum absolute atomic E-state index is 0.0398. The normalized spacial score (nSPS) is 15.7. The van der Waals surface area contributed by atoms with Crippen molar-refractivity contribution in [3.8, 4) is 0 Å². The summed E-state index contributed by atoms with van der Waals surface area (Å²) in [7, 11) is -3.70. The van der Waals surface area contributed by atoms with Gasteiger partial charge in [0, 0.05) is 36.9 Å². The van der Waals surface area contributed by atoms with Gasteiger partial charge in [-0.3, -0.25) is 0 Å². The topological polar surface area (TPSA) is 69.7 Å². The lowest BCUT2D eigenvalue weighted by atomic mass is 10.3. The molecular formula is C17H17ClFN3O3S. The summed E-state index contributed by atoms with van der Waals surface area (Å²) in [4.78, 5) is 13.9. The molecule has 2 amide bonds. The van der Waals surface area contributed by atoms with Crippen molar-refractivity contribution in [2.75, 3.05) is 31.5 Å². The van der Waals surface area contributed by atoms with E-state index in [1.165, 1.54) is 16.4 Å². The van der Waals surface area contributed by atoms with E-state index in [0.29, 0.717) is 10.7 Å². The van der Waals surface area contributed by atoms with E-state index in [1.807, 2.05) is 0 Å². The number of piperazine rings is 1. The van der Waals surface area contributed by atoms with Gasteiger partial charge in [0.2, 0.25) is 10.0 Å². The molecule has 0 spiro atoms. The molecule has 2 aromatic rings. The van der Waals surface area contributed by atoms with Crippen LogP contribution in [0.2, 0.25) is 5.02 Å². The second-order valence-corrected chi connectivity index (χ2v) is 8.16. The van der Waals surface area contributed by atoms with Crippen LogP contribution in [-0.2, 0) is 10.0 Å². The molecule has 1 aliphatic rings. The van der Waals surface area contributed by atoms with E-state index in [-0.39, 0.29) is 37.1 Å². The van der Waals surface area contributed by atoms with Crippen molar-refractivity contribution in [1.82, 2.24) is 9.21 Å². The molecule has 0 atom stereocenters. The second-order valence-electron chi connectivity index (χ2n) is 5.78. The van der Waals surface area contributed by atoms with Gasteiger partial charge in [0.15, 0.2) is 0 Å². The van der Waals surface area contributed by atoms with Crippen LogP contribution in [0, 0.1) is 5.82 Å². The van der Waals surface area contributed by atoms with Gasteiger partial charge in [0.05, 0.1) is 4.90 Å². The number of hydrogen-bond donors (Lipinski definition) is 1. The summed E-state index contributed by atoms with van der Waals surface area (Å²) in [6.07, 6.45) is 0. The number of halogens is 2. The first-order valence-electron chi connectivity index (χ1n) is 7.93. The van der Waals surface area contributed by atoms with Gasteiger partial charge in [-0.25, -0.2) is 17.6 Å². The van der Waals surface area contributed by atoms with Crippen LogP contribution >= 0.6 is 11.6 Å². The van der Waals surface area contributed by atoms with Crippen molar-refractivity contribution in [2.45, 2.75) is 4.90 Å². The lowest BCUT2D eigenvalue weighted by molar-refractivity contribution is 0.184.